The molecule has 0 rings (SSSR count). The first kappa shape index (κ1) is 12.5. The third-order valence-corrected chi connectivity index (χ3v) is 1.55. The van der Waals surface area contributed by atoms with E-state index in [0.29, 0.717) is 6.54 Å². The van der Waals surface area contributed by atoms with Gasteiger partial charge in [0.05, 0.1) is 12.8 Å². The van der Waals surface area contributed by atoms with Crippen LogP contribution in [0.25, 0.3) is 0 Å². The van der Waals surface area contributed by atoms with Crippen molar-refractivity contribution < 1.29 is 24.0 Å². The van der Waals surface area contributed by atoms with Crippen LogP contribution in [0.1, 0.15) is 6.92 Å². The quantitative estimate of drug-likeness (QED) is 0.323. The van der Waals surface area contributed by atoms with Crippen LogP contribution in [-0.4, -0.2) is 35.1 Å². The van der Waals surface area contributed by atoms with Gasteiger partial charge in [-0.15, -0.1) is 0 Å². The van der Waals surface area contributed by atoms with Crippen molar-refractivity contribution in [2.24, 2.45) is 0 Å². The molecule has 0 bridgehead atoms. The molecule has 0 aromatic carbocycles. The highest BCUT2D eigenvalue weighted by Crippen LogP contribution is 2.31. The SMILES string of the molecule is CCNOC(=O)CNCP(=O)(O)O. The largest absolute Gasteiger partial charge is 0.369 e. The summed E-state index contributed by atoms with van der Waals surface area (Å²) in [6.07, 6.45) is -0.534. The molecule has 0 aromatic rings. The fourth-order valence-corrected chi connectivity index (χ4v) is 0.895. The molecule has 0 saturated carbocycles. The second-order valence-electron chi connectivity index (χ2n) is 2.22. The molecular weight excluding hydrogens is 199 g/mol. The molecule has 0 atom stereocenters. The lowest BCUT2D eigenvalue weighted by Crippen LogP contribution is -2.29. The predicted molar refractivity (Wildman–Crippen MR) is 44.7 cm³/mol. The third-order valence-electron chi connectivity index (χ3n) is 0.917. The van der Waals surface area contributed by atoms with Crippen molar-refractivity contribution in [2.75, 3.05) is 19.4 Å². The minimum absolute atomic E-state index is 0.238. The summed E-state index contributed by atoms with van der Waals surface area (Å²) in [5.41, 5.74) is 2.31. The van der Waals surface area contributed by atoms with Gasteiger partial charge in [0.1, 0.15) is 0 Å². The summed E-state index contributed by atoms with van der Waals surface area (Å²) >= 11 is 0. The maximum absolute atomic E-state index is 10.7. The molecule has 0 saturated heterocycles. The Morgan fingerprint density at radius 1 is 1.54 bits per heavy atom. The van der Waals surface area contributed by atoms with Gasteiger partial charge >= 0.3 is 13.6 Å². The van der Waals surface area contributed by atoms with E-state index in [1.807, 2.05) is 0 Å². The van der Waals surface area contributed by atoms with Crippen LogP contribution in [0.2, 0.25) is 0 Å². The Labute approximate surface area is 75.6 Å². The number of rotatable bonds is 6. The summed E-state index contributed by atoms with van der Waals surface area (Å²) in [5.74, 6) is -0.615. The summed E-state index contributed by atoms with van der Waals surface area (Å²) < 4.78 is 10.3. The van der Waals surface area contributed by atoms with E-state index < -0.39 is 19.9 Å². The molecule has 0 aliphatic carbocycles. The van der Waals surface area contributed by atoms with Gasteiger partial charge in [0.2, 0.25) is 0 Å². The molecule has 8 heteroatoms. The van der Waals surface area contributed by atoms with Gasteiger partial charge in [0.25, 0.3) is 0 Å². The highest BCUT2D eigenvalue weighted by molar-refractivity contribution is 7.51. The van der Waals surface area contributed by atoms with Crippen LogP contribution in [0.5, 0.6) is 0 Å². The second-order valence-corrected chi connectivity index (χ2v) is 3.87. The Balaban J connectivity index is 3.43. The van der Waals surface area contributed by atoms with Crippen molar-refractivity contribution in [3.63, 3.8) is 0 Å². The fraction of sp³-hybridized carbons (Fsp3) is 0.800. The lowest BCUT2D eigenvalue weighted by Gasteiger charge is -2.05. The summed E-state index contributed by atoms with van der Waals surface area (Å²) in [4.78, 5) is 31.9. The van der Waals surface area contributed by atoms with E-state index in [1.165, 1.54) is 0 Å². The molecule has 0 aromatic heterocycles. The zero-order valence-electron chi connectivity index (χ0n) is 7.19. The molecule has 0 amide bonds. The number of hydroxylamine groups is 1. The van der Waals surface area contributed by atoms with E-state index >= 15 is 0 Å². The topological polar surface area (TPSA) is 108 Å². The first-order valence-electron chi connectivity index (χ1n) is 3.63. The summed E-state index contributed by atoms with van der Waals surface area (Å²) in [6, 6.07) is 0. The molecule has 0 aliphatic rings. The normalized spacial score (nSPS) is 11.3. The average molecular weight is 212 g/mol. The number of hydrogen-bond donors (Lipinski definition) is 4. The lowest BCUT2D eigenvalue weighted by atomic mass is 10.7. The van der Waals surface area contributed by atoms with Gasteiger partial charge in [-0.25, -0.2) is 4.79 Å². The predicted octanol–water partition coefficient (Wildman–Crippen LogP) is -1.22. The van der Waals surface area contributed by atoms with E-state index in [9.17, 15) is 9.36 Å². The molecule has 0 heterocycles. The van der Waals surface area contributed by atoms with Gasteiger partial charge in [-0.1, -0.05) is 0 Å². The zero-order chi connectivity index (χ0) is 10.3. The average Bonchev–Trinajstić information content (AvgIpc) is 1.98. The Kier molecular flexibility index (Phi) is 5.85. The number of carbonyl (C=O) groups is 1. The van der Waals surface area contributed by atoms with Crippen LogP contribution in [0.15, 0.2) is 0 Å². The van der Waals surface area contributed by atoms with Crippen LogP contribution in [0.4, 0.5) is 0 Å². The highest BCUT2D eigenvalue weighted by Gasteiger charge is 2.12. The molecule has 7 nitrogen and oxygen atoms in total. The van der Waals surface area contributed by atoms with Crippen molar-refractivity contribution in [1.29, 1.82) is 0 Å². The van der Waals surface area contributed by atoms with E-state index in [4.69, 9.17) is 9.79 Å². The first-order chi connectivity index (χ1) is 5.95. The minimum atomic E-state index is -4.09. The Bertz CT molecular complexity index is 203. The van der Waals surface area contributed by atoms with Gasteiger partial charge in [-0.05, 0) is 6.92 Å². The van der Waals surface area contributed by atoms with Crippen molar-refractivity contribution in [2.45, 2.75) is 6.92 Å². The maximum Gasteiger partial charge on any atom is 0.339 e. The second kappa shape index (κ2) is 6.06. The fourth-order valence-electron chi connectivity index (χ4n) is 0.492. The monoisotopic (exact) mass is 212 g/mol. The molecule has 0 aliphatic heterocycles. The molecule has 78 valence electrons. The van der Waals surface area contributed by atoms with Gasteiger partial charge in [0.15, 0.2) is 0 Å². The van der Waals surface area contributed by atoms with Crippen LogP contribution >= 0.6 is 7.60 Å². The van der Waals surface area contributed by atoms with Crippen molar-refractivity contribution >= 4 is 13.6 Å². The van der Waals surface area contributed by atoms with Crippen LogP contribution < -0.4 is 10.8 Å². The standard InChI is InChI=1S/C5H13N2O5P/c1-2-7-12-5(8)3-6-4-13(9,10)11/h6-7H,2-4H2,1H3,(H2,9,10,11). The van der Waals surface area contributed by atoms with Crippen LogP contribution in [-0.2, 0) is 14.2 Å². The zero-order valence-corrected chi connectivity index (χ0v) is 8.08. The molecule has 0 fully saturated rings. The summed E-state index contributed by atoms with van der Waals surface area (Å²) in [6.45, 7) is 1.98. The Hall–Kier alpha value is -0.460. The molecule has 13 heavy (non-hydrogen) atoms. The summed E-state index contributed by atoms with van der Waals surface area (Å²) in [7, 11) is -4.09. The van der Waals surface area contributed by atoms with Gasteiger partial charge in [-0.3, -0.25) is 9.88 Å². The van der Waals surface area contributed by atoms with Crippen molar-refractivity contribution in [1.82, 2.24) is 10.8 Å². The first-order valence-corrected chi connectivity index (χ1v) is 5.43. The van der Waals surface area contributed by atoms with Crippen LogP contribution in [0, 0.1) is 0 Å². The van der Waals surface area contributed by atoms with E-state index in [2.05, 4.69) is 15.6 Å². The third kappa shape index (κ3) is 9.45. The molecule has 4 N–H and O–H groups in total. The molecular formula is C5H13N2O5P. The maximum atomic E-state index is 10.7. The lowest BCUT2D eigenvalue weighted by molar-refractivity contribution is -0.149. The highest BCUT2D eigenvalue weighted by atomic mass is 31.2. The molecule has 0 unspecified atom stereocenters. The van der Waals surface area contributed by atoms with E-state index in [0.717, 1.165) is 0 Å². The molecule has 0 spiro atoms. The minimum Gasteiger partial charge on any atom is -0.369 e. The number of hydrogen-bond acceptors (Lipinski definition) is 5. The smallest absolute Gasteiger partial charge is 0.339 e. The van der Waals surface area contributed by atoms with E-state index in [1.54, 1.807) is 6.92 Å². The number of nitrogens with one attached hydrogen (secondary N) is 2. The van der Waals surface area contributed by atoms with Crippen LogP contribution in [0.3, 0.4) is 0 Å². The van der Waals surface area contributed by atoms with Gasteiger partial charge in [-0.2, -0.15) is 5.48 Å². The van der Waals surface area contributed by atoms with E-state index in [-0.39, 0.29) is 6.54 Å². The summed E-state index contributed by atoms with van der Waals surface area (Å²) in [5, 5.41) is 2.26. The molecule has 0 radical (unpaired) electrons. The van der Waals surface area contributed by atoms with Crippen molar-refractivity contribution in [3.05, 3.63) is 0 Å². The van der Waals surface area contributed by atoms with Gasteiger partial charge in [0, 0.05) is 6.54 Å². The Morgan fingerprint density at radius 3 is 2.62 bits per heavy atom. The number of carbonyl (C=O) groups excluding carboxylic acids is 1. The van der Waals surface area contributed by atoms with Crippen molar-refractivity contribution in [3.8, 4) is 0 Å². The van der Waals surface area contributed by atoms with Gasteiger partial charge < -0.3 is 14.6 Å². The Morgan fingerprint density at radius 2 is 2.15 bits per heavy atom.